The SMILES string of the molecule is Oc1cccc(COCc2cccc(-c3c4cccc(C(F)(F)F)c4nn3Cc3ccccc3)c2)c1. The van der Waals surface area contributed by atoms with E-state index in [0.717, 1.165) is 28.3 Å². The van der Waals surface area contributed by atoms with Crippen molar-refractivity contribution in [3.05, 3.63) is 119 Å². The molecule has 0 atom stereocenters. The summed E-state index contributed by atoms with van der Waals surface area (Å²) < 4.78 is 48.8. The lowest BCUT2D eigenvalue weighted by Gasteiger charge is -2.11. The summed E-state index contributed by atoms with van der Waals surface area (Å²) in [5, 5.41) is 14.5. The Kier molecular flexibility index (Phi) is 6.48. The molecule has 0 aliphatic carbocycles. The Bertz CT molecular complexity index is 1490. The first-order valence-corrected chi connectivity index (χ1v) is 11.4. The summed E-state index contributed by atoms with van der Waals surface area (Å²) >= 11 is 0. The molecule has 0 amide bonds. The van der Waals surface area contributed by atoms with Crippen molar-refractivity contribution in [1.82, 2.24) is 9.78 Å². The molecule has 0 fully saturated rings. The monoisotopic (exact) mass is 488 g/mol. The van der Waals surface area contributed by atoms with Crippen molar-refractivity contribution in [2.75, 3.05) is 0 Å². The number of rotatable bonds is 7. The van der Waals surface area contributed by atoms with Crippen LogP contribution in [-0.2, 0) is 30.7 Å². The number of hydrogen-bond acceptors (Lipinski definition) is 3. The lowest BCUT2D eigenvalue weighted by molar-refractivity contribution is -0.136. The van der Waals surface area contributed by atoms with Crippen LogP contribution in [0.1, 0.15) is 22.3 Å². The number of aromatic nitrogens is 2. The fourth-order valence-electron chi connectivity index (χ4n) is 4.30. The highest BCUT2D eigenvalue weighted by atomic mass is 19.4. The first-order valence-electron chi connectivity index (χ1n) is 11.4. The molecule has 36 heavy (non-hydrogen) atoms. The summed E-state index contributed by atoms with van der Waals surface area (Å²) in [6, 6.07) is 28.1. The van der Waals surface area contributed by atoms with Crippen molar-refractivity contribution in [2.24, 2.45) is 0 Å². The van der Waals surface area contributed by atoms with Crippen molar-refractivity contribution in [2.45, 2.75) is 25.9 Å². The molecule has 5 rings (SSSR count). The molecule has 0 aliphatic rings. The maximum atomic E-state index is 13.8. The standard InChI is InChI=1S/C29H23F3N2O2/c30-29(31,32)26-14-6-13-25-27(26)33-34(17-20-7-2-1-3-8-20)28(25)23-11-4-9-21(15-23)18-36-19-22-10-5-12-24(35)16-22/h1-16,35H,17-19H2. The second-order valence-corrected chi connectivity index (χ2v) is 8.55. The molecule has 4 nitrogen and oxygen atoms in total. The minimum absolute atomic E-state index is 0.0681. The number of fused-ring (bicyclic) bond motifs is 1. The average Bonchev–Trinajstić information content (AvgIpc) is 3.22. The summed E-state index contributed by atoms with van der Waals surface area (Å²) in [7, 11) is 0. The Morgan fingerprint density at radius 1 is 0.750 bits per heavy atom. The lowest BCUT2D eigenvalue weighted by Crippen LogP contribution is -2.06. The van der Waals surface area contributed by atoms with E-state index in [1.54, 1.807) is 28.9 Å². The topological polar surface area (TPSA) is 47.3 Å². The minimum Gasteiger partial charge on any atom is -0.508 e. The van der Waals surface area contributed by atoms with Gasteiger partial charge in [0.15, 0.2) is 0 Å². The highest BCUT2D eigenvalue weighted by Crippen LogP contribution is 2.38. The molecular formula is C29H23F3N2O2. The van der Waals surface area contributed by atoms with E-state index >= 15 is 0 Å². The van der Waals surface area contributed by atoms with Gasteiger partial charge in [0, 0.05) is 10.9 Å². The molecule has 0 saturated heterocycles. The molecular weight excluding hydrogens is 465 g/mol. The quantitative estimate of drug-likeness (QED) is 0.264. The summed E-state index contributed by atoms with van der Waals surface area (Å²) in [6.45, 7) is 0.963. The van der Waals surface area contributed by atoms with Crippen LogP contribution >= 0.6 is 0 Å². The summed E-state index contributed by atoms with van der Waals surface area (Å²) in [4.78, 5) is 0. The molecule has 0 spiro atoms. The highest BCUT2D eigenvalue weighted by Gasteiger charge is 2.34. The Hall–Kier alpha value is -4.10. The van der Waals surface area contributed by atoms with Crippen molar-refractivity contribution < 1.29 is 23.0 Å². The molecule has 182 valence electrons. The van der Waals surface area contributed by atoms with Crippen LogP contribution in [0.4, 0.5) is 13.2 Å². The highest BCUT2D eigenvalue weighted by molar-refractivity contribution is 5.95. The Morgan fingerprint density at radius 3 is 2.14 bits per heavy atom. The molecule has 1 aromatic heterocycles. The zero-order chi connectivity index (χ0) is 25.1. The number of hydrogen-bond donors (Lipinski definition) is 1. The predicted octanol–water partition coefficient (Wildman–Crippen LogP) is 7.19. The van der Waals surface area contributed by atoms with Gasteiger partial charge in [-0.25, -0.2) is 0 Å². The Labute approximate surface area is 206 Å². The van der Waals surface area contributed by atoms with Gasteiger partial charge in [-0.1, -0.05) is 72.8 Å². The second kappa shape index (κ2) is 9.87. The average molecular weight is 489 g/mol. The number of halogens is 3. The van der Waals surface area contributed by atoms with Crippen LogP contribution in [0.2, 0.25) is 0 Å². The number of phenolic OH excluding ortho intramolecular Hbond substituents is 1. The second-order valence-electron chi connectivity index (χ2n) is 8.55. The molecule has 0 radical (unpaired) electrons. The lowest BCUT2D eigenvalue weighted by atomic mass is 10.0. The third-order valence-electron chi connectivity index (χ3n) is 5.90. The zero-order valence-electron chi connectivity index (χ0n) is 19.2. The first kappa shape index (κ1) is 23.6. The van der Waals surface area contributed by atoms with Crippen LogP contribution in [0, 0.1) is 0 Å². The van der Waals surface area contributed by atoms with E-state index in [9.17, 15) is 18.3 Å². The Balaban J connectivity index is 1.51. The Morgan fingerprint density at radius 2 is 1.42 bits per heavy atom. The van der Waals surface area contributed by atoms with E-state index in [4.69, 9.17) is 4.74 Å². The van der Waals surface area contributed by atoms with E-state index in [1.807, 2.05) is 60.7 Å². The molecule has 5 aromatic rings. The van der Waals surface area contributed by atoms with Crippen molar-refractivity contribution >= 4 is 10.9 Å². The fraction of sp³-hybridized carbons (Fsp3) is 0.138. The fourth-order valence-corrected chi connectivity index (χ4v) is 4.30. The van der Waals surface area contributed by atoms with Crippen LogP contribution in [0.3, 0.4) is 0 Å². The van der Waals surface area contributed by atoms with E-state index < -0.39 is 11.7 Å². The summed E-state index contributed by atoms with van der Waals surface area (Å²) in [5.74, 6) is 0.176. The van der Waals surface area contributed by atoms with Crippen LogP contribution in [0.5, 0.6) is 5.75 Å². The van der Waals surface area contributed by atoms with Gasteiger partial charge in [0.25, 0.3) is 0 Å². The van der Waals surface area contributed by atoms with Crippen molar-refractivity contribution in [1.29, 1.82) is 0 Å². The van der Waals surface area contributed by atoms with Crippen molar-refractivity contribution in [3.63, 3.8) is 0 Å². The van der Waals surface area contributed by atoms with Crippen LogP contribution < -0.4 is 0 Å². The van der Waals surface area contributed by atoms with Gasteiger partial charge in [-0.3, -0.25) is 4.68 Å². The van der Waals surface area contributed by atoms with Gasteiger partial charge in [0.05, 0.1) is 31.0 Å². The third kappa shape index (κ3) is 5.11. The van der Waals surface area contributed by atoms with Gasteiger partial charge in [0.2, 0.25) is 0 Å². The van der Waals surface area contributed by atoms with E-state index in [-0.39, 0.29) is 11.3 Å². The zero-order valence-corrected chi connectivity index (χ0v) is 19.2. The normalized spacial score (nSPS) is 11.8. The van der Waals surface area contributed by atoms with E-state index in [2.05, 4.69) is 5.10 Å². The largest absolute Gasteiger partial charge is 0.508 e. The van der Waals surface area contributed by atoms with Crippen molar-refractivity contribution in [3.8, 4) is 17.0 Å². The maximum Gasteiger partial charge on any atom is 0.418 e. The van der Waals surface area contributed by atoms with Gasteiger partial charge in [0.1, 0.15) is 11.3 Å². The van der Waals surface area contributed by atoms with Crippen LogP contribution in [-0.4, -0.2) is 14.9 Å². The van der Waals surface area contributed by atoms with E-state index in [1.165, 1.54) is 6.07 Å². The maximum absolute atomic E-state index is 13.8. The number of nitrogens with zero attached hydrogens (tertiary/aromatic N) is 2. The molecule has 1 heterocycles. The van der Waals surface area contributed by atoms with Gasteiger partial charge >= 0.3 is 6.18 Å². The van der Waals surface area contributed by atoms with Crippen LogP contribution in [0.15, 0.2) is 97.1 Å². The molecule has 1 N–H and O–H groups in total. The number of alkyl halides is 3. The number of phenols is 1. The van der Waals surface area contributed by atoms with E-state index in [0.29, 0.717) is 30.8 Å². The number of benzene rings is 4. The summed E-state index contributed by atoms with van der Waals surface area (Å²) in [6.07, 6.45) is -4.51. The van der Waals surface area contributed by atoms with Gasteiger partial charge < -0.3 is 9.84 Å². The molecule has 0 saturated carbocycles. The molecule has 0 unspecified atom stereocenters. The van der Waals surface area contributed by atoms with Crippen LogP contribution in [0.25, 0.3) is 22.2 Å². The molecule has 0 bridgehead atoms. The third-order valence-corrected chi connectivity index (χ3v) is 5.90. The van der Waals surface area contributed by atoms with Gasteiger partial charge in [-0.2, -0.15) is 18.3 Å². The van der Waals surface area contributed by atoms with Gasteiger partial charge in [-0.15, -0.1) is 0 Å². The van der Waals surface area contributed by atoms with Gasteiger partial charge in [-0.05, 0) is 41.0 Å². The molecule has 7 heteroatoms. The number of aromatic hydroxyl groups is 1. The molecule has 4 aromatic carbocycles. The molecule has 0 aliphatic heterocycles. The predicted molar refractivity (Wildman–Crippen MR) is 132 cm³/mol. The smallest absolute Gasteiger partial charge is 0.418 e. The minimum atomic E-state index is -4.51. The summed E-state index contributed by atoms with van der Waals surface area (Å²) in [5.41, 5.74) is 3.21. The number of ether oxygens (including phenoxy) is 1. The first-order chi connectivity index (χ1) is 17.4.